The van der Waals surface area contributed by atoms with Gasteiger partial charge in [0.1, 0.15) is 13.2 Å². The summed E-state index contributed by atoms with van der Waals surface area (Å²) >= 11 is 0. The molecule has 0 spiro atoms. The number of carbonyl (C=O) groups excluding carboxylic acids is 3. The summed E-state index contributed by atoms with van der Waals surface area (Å²) in [4.78, 5) is 38.4. The highest BCUT2D eigenvalue weighted by Crippen LogP contribution is 2.19. The average Bonchev–Trinajstić information content (AvgIpc) is 3.49. The zero-order chi connectivity index (χ0) is 59.9. The van der Waals surface area contributed by atoms with E-state index in [9.17, 15) is 14.4 Å². The fourth-order valence-corrected chi connectivity index (χ4v) is 11.2. The first-order chi connectivity index (χ1) is 41.0. The molecule has 0 aromatic carbocycles. The minimum atomic E-state index is -0.778. The topological polar surface area (TPSA) is 78.9 Å². The average molecular weight is 1160 g/mol. The fraction of sp³-hybridized carbons (Fsp3) is 0.857. The Morgan fingerprint density at radius 1 is 0.241 bits per heavy atom. The molecule has 0 radical (unpaired) electrons. The number of unbranched alkanes of at least 4 members (excludes halogenated alkanes) is 50. The van der Waals surface area contributed by atoms with Crippen molar-refractivity contribution in [2.75, 3.05) is 13.2 Å². The fourth-order valence-electron chi connectivity index (χ4n) is 11.2. The van der Waals surface area contributed by atoms with Crippen molar-refractivity contribution in [3.63, 3.8) is 0 Å². The van der Waals surface area contributed by atoms with Crippen LogP contribution in [0.5, 0.6) is 0 Å². The molecule has 6 heteroatoms. The van der Waals surface area contributed by atoms with Crippen LogP contribution in [0.2, 0.25) is 0 Å². The van der Waals surface area contributed by atoms with Gasteiger partial charge < -0.3 is 14.2 Å². The lowest BCUT2D eigenvalue weighted by Crippen LogP contribution is -2.30. The van der Waals surface area contributed by atoms with Crippen molar-refractivity contribution < 1.29 is 28.6 Å². The molecule has 0 saturated carbocycles. The summed E-state index contributed by atoms with van der Waals surface area (Å²) in [5, 5.41) is 0. The second-order valence-corrected chi connectivity index (χ2v) is 25.2. The standard InChI is InChI=1S/C77H142O6/c1-4-7-10-13-16-19-22-25-27-29-31-32-33-34-35-36-37-38-39-40-41-42-43-44-46-47-49-52-55-58-61-64-67-70-76(79)82-73-74(72-81-75(78)69-66-63-60-57-54-51-24-21-18-15-12-9-6-3)83-77(80)71-68-65-62-59-56-53-50-48-45-30-28-26-23-20-17-14-11-8-5-2/h17,20,26,28-29,31,45,48,74H,4-16,18-19,21-25,27,30,32-44,46-47,49-73H2,1-3H3/b20-17-,28-26-,31-29-,48-45-. The third kappa shape index (κ3) is 70.0. The summed E-state index contributed by atoms with van der Waals surface area (Å²) in [6.07, 6.45) is 91.6. The Bertz CT molecular complexity index is 1430. The molecule has 6 nitrogen and oxygen atoms in total. The first-order valence-electron chi connectivity index (χ1n) is 37.1. The molecule has 0 fully saturated rings. The van der Waals surface area contributed by atoms with E-state index in [1.165, 1.54) is 289 Å². The van der Waals surface area contributed by atoms with Crippen LogP contribution >= 0.6 is 0 Å². The largest absolute Gasteiger partial charge is 0.462 e. The lowest BCUT2D eigenvalue weighted by Gasteiger charge is -2.18. The molecule has 0 heterocycles. The molecule has 0 bridgehead atoms. The molecule has 0 aromatic heterocycles. The normalized spacial score (nSPS) is 12.3. The summed E-state index contributed by atoms with van der Waals surface area (Å²) in [5.74, 6) is -0.858. The molecule has 0 N–H and O–H groups in total. The van der Waals surface area contributed by atoms with Gasteiger partial charge in [0.05, 0.1) is 0 Å². The number of hydrogen-bond acceptors (Lipinski definition) is 6. The number of allylic oxidation sites excluding steroid dienone is 8. The zero-order valence-corrected chi connectivity index (χ0v) is 56.0. The summed E-state index contributed by atoms with van der Waals surface area (Å²) in [6, 6.07) is 0. The Hall–Kier alpha value is -2.63. The first kappa shape index (κ1) is 80.4. The molecule has 486 valence electrons. The Morgan fingerprint density at radius 3 is 0.711 bits per heavy atom. The third-order valence-corrected chi connectivity index (χ3v) is 16.8. The van der Waals surface area contributed by atoms with Gasteiger partial charge in [-0.15, -0.1) is 0 Å². The van der Waals surface area contributed by atoms with E-state index in [1.54, 1.807) is 0 Å². The summed E-state index contributed by atoms with van der Waals surface area (Å²) in [7, 11) is 0. The first-order valence-corrected chi connectivity index (χ1v) is 37.1. The molecule has 83 heavy (non-hydrogen) atoms. The summed E-state index contributed by atoms with van der Waals surface area (Å²) in [5.41, 5.74) is 0. The maximum atomic E-state index is 12.9. The van der Waals surface area contributed by atoms with E-state index in [-0.39, 0.29) is 31.1 Å². The van der Waals surface area contributed by atoms with Crippen LogP contribution in [-0.2, 0) is 28.6 Å². The lowest BCUT2D eigenvalue weighted by molar-refractivity contribution is -0.167. The Morgan fingerprint density at radius 2 is 0.434 bits per heavy atom. The van der Waals surface area contributed by atoms with Crippen molar-refractivity contribution in [3.8, 4) is 0 Å². The van der Waals surface area contributed by atoms with Gasteiger partial charge in [0.15, 0.2) is 6.10 Å². The van der Waals surface area contributed by atoms with Crippen LogP contribution in [0.4, 0.5) is 0 Å². The van der Waals surface area contributed by atoms with Crippen LogP contribution in [0, 0.1) is 0 Å². The van der Waals surface area contributed by atoms with Gasteiger partial charge in [0.25, 0.3) is 0 Å². The van der Waals surface area contributed by atoms with Crippen molar-refractivity contribution in [2.24, 2.45) is 0 Å². The van der Waals surface area contributed by atoms with Crippen LogP contribution in [0.1, 0.15) is 406 Å². The van der Waals surface area contributed by atoms with E-state index < -0.39 is 6.10 Å². The van der Waals surface area contributed by atoms with Crippen LogP contribution in [0.15, 0.2) is 48.6 Å². The van der Waals surface area contributed by atoms with E-state index >= 15 is 0 Å². The molecule has 0 aliphatic heterocycles. The number of ether oxygens (including phenoxy) is 3. The van der Waals surface area contributed by atoms with Crippen molar-refractivity contribution >= 4 is 17.9 Å². The van der Waals surface area contributed by atoms with Gasteiger partial charge in [-0.05, 0) is 83.5 Å². The second kappa shape index (κ2) is 71.8. The molecule has 0 aliphatic carbocycles. The van der Waals surface area contributed by atoms with Gasteiger partial charge >= 0.3 is 17.9 Å². The van der Waals surface area contributed by atoms with Crippen LogP contribution < -0.4 is 0 Å². The summed E-state index contributed by atoms with van der Waals surface area (Å²) < 4.78 is 17.0. The minimum Gasteiger partial charge on any atom is -0.462 e. The number of esters is 3. The molecule has 0 saturated heterocycles. The predicted octanol–water partition coefficient (Wildman–Crippen LogP) is 25.7. The minimum absolute atomic E-state index is 0.0732. The summed E-state index contributed by atoms with van der Waals surface area (Å²) in [6.45, 7) is 6.67. The monoisotopic (exact) mass is 1160 g/mol. The SMILES string of the molecule is CCCCC/C=C\C/C=C\C/C=C\CCCCCCCCC(=O)OC(COC(=O)CCCCCCCCCCCCCCC)COC(=O)CCCCCCCCCCCCCCCCCCCCCCC/C=C\CCCCCCCCCC. The van der Waals surface area contributed by atoms with Crippen molar-refractivity contribution in [3.05, 3.63) is 48.6 Å². The van der Waals surface area contributed by atoms with Gasteiger partial charge in [-0.2, -0.15) is 0 Å². The molecule has 0 rings (SSSR count). The molecule has 0 aliphatic rings. The van der Waals surface area contributed by atoms with Gasteiger partial charge in [-0.1, -0.05) is 352 Å². The van der Waals surface area contributed by atoms with Gasteiger partial charge in [-0.25, -0.2) is 0 Å². The maximum Gasteiger partial charge on any atom is 0.306 e. The highest BCUT2D eigenvalue weighted by atomic mass is 16.6. The van der Waals surface area contributed by atoms with Crippen LogP contribution in [0.3, 0.4) is 0 Å². The Balaban J connectivity index is 4.14. The second-order valence-electron chi connectivity index (χ2n) is 25.2. The predicted molar refractivity (Wildman–Crippen MR) is 362 cm³/mol. The van der Waals surface area contributed by atoms with E-state index in [0.717, 1.165) is 77.0 Å². The smallest absolute Gasteiger partial charge is 0.306 e. The van der Waals surface area contributed by atoms with E-state index in [0.29, 0.717) is 19.3 Å². The van der Waals surface area contributed by atoms with Crippen molar-refractivity contribution in [1.29, 1.82) is 0 Å². The van der Waals surface area contributed by atoms with E-state index in [4.69, 9.17) is 14.2 Å². The number of hydrogen-bond donors (Lipinski definition) is 0. The molecule has 0 aromatic rings. The number of carbonyl (C=O) groups is 3. The highest BCUT2D eigenvalue weighted by molar-refractivity contribution is 5.71. The maximum absolute atomic E-state index is 12.9. The molecular formula is C77H142O6. The molecule has 1 unspecified atom stereocenters. The molecule has 0 amide bonds. The lowest BCUT2D eigenvalue weighted by atomic mass is 10.0. The van der Waals surface area contributed by atoms with E-state index in [2.05, 4.69) is 69.4 Å². The van der Waals surface area contributed by atoms with Crippen molar-refractivity contribution in [2.45, 2.75) is 412 Å². The van der Waals surface area contributed by atoms with Gasteiger partial charge in [0.2, 0.25) is 0 Å². The Labute approximate surface area is 518 Å². The van der Waals surface area contributed by atoms with Gasteiger partial charge in [0, 0.05) is 19.3 Å². The molecular weight excluding hydrogens is 1020 g/mol. The number of rotatable bonds is 69. The highest BCUT2D eigenvalue weighted by Gasteiger charge is 2.19. The molecule has 1 atom stereocenters. The van der Waals surface area contributed by atoms with E-state index in [1.807, 2.05) is 0 Å². The quantitative estimate of drug-likeness (QED) is 0.0261. The van der Waals surface area contributed by atoms with Crippen LogP contribution in [0.25, 0.3) is 0 Å². The van der Waals surface area contributed by atoms with Gasteiger partial charge in [-0.3, -0.25) is 14.4 Å². The van der Waals surface area contributed by atoms with Crippen LogP contribution in [-0.4, -0.2) is 37.2 Å². The Kier molecular flexibility index (Phi) is 69.6. The zero-order valence-electron chi connectivity index (χ0n) is 56.0. The van der Waals surface area contributed by atoms with Crippen molar-refractivity contribution in [1.82, 2.24) is 0 Å². The third-order valence-electron chi connectivity index (χ3n) is 16.8.